The van der Waals surface area contributed by atoms with E-state index in [0.717, 1.165) is 5.56 Å². The maximum Gasteiger partial charge on any atom is 0.334 e. The van der Waals surface area contributed by atoms with Crippen LogP contribution in [0.2, 0.25) is 0 Å². The van der Waals surface area contributed by atoms with Gasteiger partial charge in [-0.05, 0) is 19.4 Å². The summed E-state index contributed by atoms with van der Waals surface area (Å²) in [6, 6.07) is 9.17. The van der Waals surface area contributed by atoms with Gasteiger partial charge in [-0.15, -0.1) is 0 Å². The summed E-state index contributed by atoms with van der Waals surface area (Å²) in [6.07, 6.45) is -1.39. The van der Waals surface area contributed by atoms with Crippen LogP contribution in [-0.4, -0.2) is 30.4 Å². The molecule has 1 aromatic rings. The largest absolute Gasteiger partial charge is 0.464 e. The summed E-state index contributed by atoms with van der Waals surface area (Å²) in [7, 11) is 0. The summed E-state index contributed by atoms with van der Waals surface area (Å²) >= 11 is 0. The van der Waals surface area contributed by atoms with E-state index >= 15 is 0 Å². The lowest BCUT2D eigenvalue weighted by atomic mass is 10.1. The van der Waals surface area contributed by atoms with Gasteiger partial charge in [0.1, 0.15) is 6.10 Å². The maximum atomic E-state index is 11.3. The van der Waals surface area contributed by atoms with Crippen LogP contribution < -0.4 is 0 Å². The van der Waals surface area contributed by atoms with Crippen molar-refractivity contribution in [3.05, 3.63) is 35.9 Å². The molecule has 0 amide bonds. The Hall–Kier alpha value is -1.39. The second-order valence-corrected chi connectivity index (χ2v) is 3.65. The van der Waals surface area contributed by atoms with E-state index in [2.05, 4.69) is 0 Å². The third-order valence-electron chi connectivity index (χ3n) is 2.31. The van der Waals surface area contributed by atoms with E-state index < -0.39 is 18.2 Å². The highest BCUT2D eigenvalue weighted by Crippen LogP contribution is 2.13. The number of benzene rings is 1. The van der Waals surface area contributed by atoms with E-state index in [9.17, 15) is 9.90 Å². The van der Waals surface area contributed by atoms with Gasteiger partial charge in [0, 0.05) is 0 Å². The van der Waals surface area contributed by atoms with Gasteiger partial charge < -0.3 is 14.6 Å². The Labute approximate surface area is 101 Å². The first-order valence-corrected chi connectivity index (χ1v) is 5.66. The van der Waals surface area contributed by atoms with Crippen molar-refractivity contribution in [2.45, 2.75) is 26.1 Å². The molecule has 0 aliphatic carbocycles. The van der Waals surface area contributed by atoms with Crippen LogP contribution in [-0.2, 0) is 14.3 Å². The first-order valence-electron chi connectivity index (χ1n) is 5.66. The Morgan fingerprint density at radius 1 is 1.35 bits per heavy atom. The average molecular weight is 238 g/mol. The molecule has 0 heterocycles. The van der Waals surface area contributed by atoms with Crippen molar-refractivity contribution >= 4 is 5.97 Å². The number of carbonyl (C=O) groups is 1. The minimum Gasteiger partial charge on any atom is -0.464 e. The standard InChI is InChI=1S/C13H18O4/c1-3-16-13(15)10(2)17-9-12(14)11-7-5-4-6-8-11/h4-8,10,12,14H,3,9H2,1-2H3. The first kappa shape index (κ1) is 13.7. The van der Waals surface area contributed by atoms with E-state index in [0.29, 0.717) is 6.61 Å². The van der Waals surface area contributed by atoms with Crippen LogP contribution in [0.1, 0.15) is 25.5 Å². The lowest BCUT2D eigenvalue weighted by Crippen LogP contribution is -2.25. The summed E-state index contributed by atoms with van der Waals surface area (Å²) in [5.74, 6) is -0.409. The predicted octanol–water partition coefficient (Wildman–Crippen LogP) is 1.69. The van der Waals surface area contributed by atoms with Crippen molar-refractivity contribution in [2.75, 3.05) is 13.2 Å². The van der Waals surface area contributed by atoms with Gasteiger partial charge in [0.25, 0.3) is 0 Å². The Morgan fingerprint density at radius 3 is 2.59 bits per heavy atom. The third-order valence-corrected chi connectivity index (χ3v) is 2.31. The smallest absolute Gasteiger partial charge is 0.334 e. The molecule has 1 aromatic carbocycles. The van der Waals surface area contributed by atoms with Crippen molar-refractivity contribution in [1.82, 2.24) is 0 Å². The van der Waals surface area contributed by atoms with E-state index in [1.807, 2.05) is 30.3 Å². The number of aliphatic hydroxyl groups is 1. The van der Waals surface area contributed by atoms with Gasteiger partial charge in [0.2, 0.25) is 0 Å². The highest BCUT2D eigenvalue weighted by atomic mass is 16.6. The Bertz CT molecular complexity index is 337. The van der Waals surface area contributed by atoms with Crippen molar-refractivity contribution in [3.8, 4) is 0 Å². The van der Waals surface area contributed by atoms with Crippen LogP contribution in [0.25, 0.3) is 0 Å². The molecule has 1 N–H and O–H groups in total. The fraction of sp³-hybridized carbons (Fsp3) is 0.462. The molecule has 0 aliphatic rings. The zero-order chi connectivity index (χ0) is 12.7. The van der Waals surface area contributed by atoms with Gasteiger partial charge in [-0.2, -0.15) is 0 Å². The summed E-state index contributed by atoms with van der Waals surface area (Å²) < 4.78 is 10.0. The molecular weight excluding hydrogens is 220 g/mol. The molecule has 94 valence electrons. The summed E-state index contributed by atoms with van der Waals surface area (Å²) in [5, 5.41) is 9.80. The molecule has 0 radical (unpaired) electrons. The minimum atomic E-state index is -0.729. The predicted molar refractivity (Wildman–Crippen MR) is 63.4 cm³/mol. The molecule has 2 atom stereocenters. The van der Waals surface area contributed by atoms with Crippen LogP contribution in [0.5, 0.6) is 0 Å². The zero-order valence-corrected chi connectivity index (χ0v) is 10.1. The van der Waals surface area contributed by atoms with Gasteiger partial charge >= 0.3 is 5.97 Å². The van der Waals surface area contributed by atoms with Crippen LogP contribution >= 0.6 is 0 Å². The molecule has 17 heavy (non-hydrogen) atoms. The van der Waals surface area contributed by atoms with E-state index in [-0.39, 0.29) is 6.61 Å². The van der Waals surface area contributed by atoms with Crippen LogP contribution in [0.15, 0.2) is 30.3 Å². The van der Waals surface area contributed by atoms with E-state index in [1.165, 1.54) is 0 Å². The van der Waals surface area contributed by atoms with Crippen LogP contribution in [0.4, 0.5) is 0 Å². The van der Waals surface area contributed by atoms with Crippen LogP contribution in [0, 0.1) is 0 Å². The van der Waals surface area contributed by atoms with Crippen molar-refractivity contribution in [2.24, 2.45) is 0 Å². The lowest BCUT2D eigenvalue weighted by Gasteiger charge is -2.15. The van der Waals surface area contributed by atoms with Gasteiger partial charge in [-0.3, -0.25) is 0 Å². The molecule has 0 saturated heterocycles. The molecule has 0 fully saturated rings. The normalized spacial score (nSPS) is 14.1. The number of carbonyl (C=O) groups excluding carboxylic acids is 1. The molecule has 0 aromatic heterocycles. The quantitative estimate of drug-likeness (QED) is 0.766. The molecule has 4 heteroatoms. The maximum absolute atomic E-state index is 11.3. The molecular formula is C13H18O4. The number of aliphatic hydroxyl groups excluding tert-OH is 1. The van der Waals surface area contributed by atoms with Gasteiger partial charge in [-0.25, -0.2) is 4.79 Å². The highest BCUT2D eigenvalue weighted by Gasteiger charge is 2.16. The van der Waals surface area contributed by atoms with E-state index in [4.69, 9.17) is 9.47 Å². The summed E-state index contributed by atoms with van der Waals surface area (Å²) in [4.78, 5) is 11.3. The average Bonchev–Trinajstić information content (AvgIpc) is 2.36. The van der Waals surface area contributed by atoms with E-state index in [1.54, 1.807) is 13.8 Å². The van der Waals surface area contributed by atoms with Crippen molar-refractivity contribution in [3.63, 3.8) is 0 Å². The fourth-order valence-electron chi connectivity index (χ4n) is 1.33. The summed E-state index contributed by atoms with van der Waals surface area (Å²) in [5.41, 5.74) is 0.767. The Balaban J connectivity index is 2.38. The Kier molecular flexibility index (Phi) is 5.66. The molecule has 0 saturated carbocycles. The van der Waals surface area contributed by atoms with Gasteiger partial charge in [-0.1, -0.05) is 30.3 Å². The topological polar surface area (TPSA) is 55.8 Å². The molecule has 1 rings (SSSR count). The first-order chi connectivity index (χ1) is 8.15. The fourth-order valence-corrected chi connectivity index (χ4v) is 1.33. The Morgan fingerprint density at radius 2 is 2.00 bits per heavy atom. The van der Waals surface area contributed by atoms with Crippen molar-refractivity contribution < 1.29 is 19.4 Å². The third kappa shape index (κ3) is 4.54. The lowest BCUT2D eigenvalue weighted by molar-refractivity contribution is -0.157. The molecule has 0 spiro atoms. The van der Waals surface area contributed by atoms with Crippen molar-refractivity contribution in [1.29, 1.82) is 0 Å². The second-order valence-electron chi connectivity index (χ2n) is 3.65. The van der Waals surface area contributed by atoms with Crippen LogP contribution in [0.3, 0.4) is 0 Å². The van der Waals surface area contributed by atoms with Gasteiger partial charge in [0.15, 0.2) is 6.10 Å². The number of esters is 1. The SMILES string of the molecule is CCOC(=O)C(C)OCC(O)c1ccccc1. The minimum absolute atomic E-state index is 0.0734. The number of rotatable bonds is 6. The molecule has 4 nitrogen and oxygen atoms in total. The second kappa shape index (κ2) is 7.04. The zero-order valence-electron chi connectivity index (χ0n) is 10.1. The molecule has 2 unspecified atom stereocenters. The van der Waals surface area contributed by atoms with Gasteiger partial charge in [0.05, 0.1) is 13.2 Å². The molecule has 0 bridgehead atoms. The number of hydrogen-bond acceptors (Lipinski definition) is 4. The summed E-state index contributed by atoms with van der Waals surface area (Å²) in [6.45, 7) is 3.75. The monoisotopic (exact) mass is 238 g/mol. The highest BCUT2D eigenvalue weighted by molar-refractivity contribution is 5.74. The molecule has 0 aliphatic heterocycles. The number of hydrogen-bond donors (Lipinski definition) is 1. The number of ether oxygens (including phenoxy) is 2.